The molecule has 0 radical (unpaired) electrons. The lowest BCUT2D eigenvalue weighted by atomic mass is 10.2. The van der Waals surface area contributed by atoms with Gasteiger partial charge in [-0.05, 0) is 40.9 Å². The van der Waals surface area contributed by atoms with Crippen LogP contribution >= 0.6 is 27.3 Å². The van der Waals surface area contributed by atoms with E-state index in [1.165, 1.54) is 0 Å². The summed E-state index contributed by atoms with van der Waals surface area (Å²) in [6.07, 6.45) is 5.70. The van der Waals surface area contributed by atoms with Crippen LogP contribution in [0.25, 0.3) is 15.9 Å². The lowest BCUT2D eigenvalue weighted by Crippen LogP contribution is -2.33. The van der Waals surface area contributed by atoms with E-state index in [2.05, 4.69) is 31.1 Å². The highest BCUT2D eigenvalue weighted by Crippen LogP contribution is 2.36. The molecule has 0 saturated carbocycles. The topological polar surface area (TPSA) is 79.1 Å². The SMILES string of the molecule is OC[C@@H]1CCCN1c1nc(Nc2cn(-c3ccccc3)cn2)c2scc(Br)c2n1. The molecule has 1 aliphatic rings. The Balaban J connectivity index is 1.52. The fourth-order valence-electron chi connectivity index (χ4n) is 3.63. The van der Waals surface area contributed by atoms with Crippen LogP contribution in [0.1, 0.15) is 12.8 Å². The van der Waals surface area contributed by atoms with Gasteiger partial charge in [0.1, 0.15) is 17.7 Å². The largest absolute Gasteiger partial charge is 0.394 e. The van der Waals surface area contributed by atoms with Crippen molar-refractivity contribution in [3.63, 3.8) is 0 Å². The third kappa shape index (κ3) is 3.50. The molecule has 4 heterocycles. The van der Waals surface area contributed by atoms with Gasteiger partial charge in [0.25, 0.3) is 0 Å². The molecule has 3 aromatic heterocycles. The van der Waals surface area contributed by atoms with Gasteiger partial charge in [0.05, 0.1) is 28.0 Å². The number of halogens is 1. The number of nitrogens with one attached hydrogen (secondary N) is 1. The third-order valence-corrected chi connectivity index (χ3v) is 6.97. The van der Waals surface area contributed by atoms with Crippen LogP contribution in [0.15, 0.2) is 52.7 Å². The lowest BCUT2D eigenvalue weighted by molar-refractivity contribution is 0.265. The highest BCUT2D eigenvalue weighted by Gasteiger charge is 2.27. The summed E-state index contributed by atoms with van der Waals surface area (Å²) in [4.78, 5) is 16.2. The summed E-state index contributed by atoms with van der Waals surface area (Å²) in [5.41, 5.74) is 1.91. The first-order valence-corrected chi connectivity index (χ1v) is 11.1. The average Bonchev–Trinajstić information content (AvgIpc) is 3.49. The monoisotopic (exact) mass is 470 g/mol. The predicted octanol–water partition coefficient (Wildman–Crippen LogP) is 4.34. The Morgan fingerprint density at radius 3 is 2.93 bits per heavy atom. The Kier molecular flexibility index (Phi) is 4.94. The van der Waals surface area contributed by atoms with Gasteiger partial charge in [0.15, 0.2) is 5.82 Å². The second kappa shape index (κ2) is 7.74. The van der Waals surface area contributed by atoms with Crippen LogP contribution < -0.4 is 10.2 Å². The Bertz CT molecular complexity index is 1140. The third-order valence-electron chi connectivity index (χ3n) is 5.09. The van der Waals surface area contributed by atoms with E-state index in [4.69, 9.17) is 9.97 Å². The lowest BCUT2D eigenvalue weighted by Gasteiger charge is -2.23. The van der Waals surface area contributed by atoms with Crippen LogP contribution in [0.2, 0.25) is 0 Å². The van der Waals surface area contributed by atoms with E-state index in [1.54, 1.807) is 17.7 Å². The van der Waals surface area contributed by atoms with Crippen LogP contribution in [-0.4, -0.2) is 43.8 Å². The van der Waals surface area contributed by atoms with Crippen molar-refractivity contribution in [3.8, 4) is 5.69 Å². The minimum absolute atomic E-state index is 0.0648. The molecule has 9 heteroatoms. The van der Waals surface area contributed by atoms with E-state index in [0.717, 1.165) is 45.6 Å². The summed E-state index contributed by atoms with van der Waals surface area (Å²) in [6.45, 7) is 0.955. The molecule has 0 spiro atoms. The van der Waals surface area contributed by atoms with Gasteiger partial charge in [-0.3, -0.25) is 0 Å². The van der Waals surface area contributed by atoms with Crippen molar-refractivity contribution in [1.29, 1.82) is 0 Å². The Morgan fingerprint density at radius 1 is 1.24 bits per heavy atom. The standard InChI is InChI=1S/C20H19BrN6OS/c21-15-11-29-18-17(15)24-20(27-8-4-7-14(27)10-28)25-19(18)23-16-9-26(12-22-16)13-5-2-1-3-6-13/h1-3,5-6,9,11-12,14,28H,4,7-8,10H2,(H,23,24,25)/t14-/m0/s1. The second-order valence-corrected chi connectivity index (χ2v) is 8.67. The molecule has 0 amide bonds. The number of nitrogens with zero attached hydrogens (tertiary/aromatic N) is 5. The van der Waals surface area contributed by atoms with Crippen molar-refractivity contribution in [1.82, 2.24) is 19.5 Å². The molecule has 7 nitrogen and oxygen atoms in total. The number of benzene rings is 1. The number of aliphatic hydroxyl groups is 1. The molecule has 0 unspecified atom stereocenters. The van der Waals surface area contributed by atoms with Gasteiger partial charge < -0.3 is 19.9 Å². The summed E-state index contributed by atoms with van der Waals surface area (Å²) in [7, 11) is 0. The number of imidazole rings is 1. The quantitative estimate of drug-likeness (QED) is 0.451. The zero-order valence-corrected chi connectivity index (χ0v) is 17.9. The van der Waals surface area contributed by atoms with Crippen LogP contribution in [0.4, 0.5) is 17.6 Å². The highest BCUT2D eigenvalue weighted by molar-refractivity contribution is 9.10. The van der Waals surface area contributed by atoms with Crippen LogP contribution in [0.5, 0.6) is 0 Å². The van der Waals surface area contributed by atoms with Crippen molar-refractivity contribution < 1.29 is 5.11 Å². The molecule has 1 aromatic carbocycles. The van der Waals surface area contributed by atoms with Gasteiger partial charge in [0, 0.05) is 17.6 Å². The Labute approximate surface area is 180 Å². The first-order valence-electron chi connectivity index (χ1n) is 9.41. The van der Waals surface area contributed by atoms with Crippen LogP contribution in [0.3, 0.4) is 0 Å². The first-order chi connectivity index (χ1) is 14.2. The molecule has 5 rings (SSSR count). The molecule has 1 aliphatic heterocycles. The summed E-state index contributed by atoms with van der Waals surface area (Å²) in [5.74, 6) is 2.07. The maximum absolute atomic E-state index is 9.71. The maximum Gasteiger partial charge on any atom is 0.228 e. The van der Waals surface area contributed by atoms with Crippen molar-refractivity contribution in [2.75, 3.05) is 23.4 Å². The number of aromatic nitrogens is 4. The molecular weight excluding hydrogens is 452 g/mol. The molecule has 2 N–H and O–H groups in total. The molecule has 148 valence electrons. The van der Waals surface area contributed by atoms with Gasteiger partial charge in [0.2, 0.25) is 5.95 Å². The van der Waals surface area contributed by atoms with E-state index in [9.17, 15) is 5.11 Å². The fourth-order valence-corrected chi connectivity index (χ4v) is 5.14. The maximum atomic E-state index is 9.71. The zero-order chi connectivity index (χ0) is 19.8. The number of anilines is 3. The normalized spacial score (nSPS) is 16.6. The molecule has 4 aromatic rings. The van der Waals surface area contributed by atoms with E-state index < -0.39 is 0 Å². The van der Waals surface area contributed by atoms with Gasteiger partial charge in [-0.25, -0.2) is 9.97 Å². The molecule has 1 saturated heterocycles. The summed E-state index contributed by atoms with van der Waals surface area (Å²) in [6, 6.07) is 10.1. The number of thiophene rings is 1. The average molecular weight is 471 g/mol. The van der Waals surface area contributed by atoms with E-state index in [0.29, 0.717) is 11.8 Å². The summed E-state index contributed by atoms with van der Waals surface area (Å²) in [5, 5.41) is 15.1. The van der Waals surface area contributed by atoms with Gasteiger partial charge >= 0.3 is 0 Å². The van der Waals surface area contributed by atoms with Gasteiger partial charge in [-0.1, -0.05) is 18.2 Å². The van der Waals surface area contributed by atoms with Gasteiger partial charge in [-0.15, -0.1) is 11.3 Å². The van der Waals surface area contributed by atoms with Gasteiger partial charge in [-0.2, -0.15) is 4.98 Å². The van der Waals surface area contributed by atoms with E-state index in [-0.39, 0.29) is 12.6 Å². The fraction of sp³-hybridized carbons (Fsp3) is 0.250. The van der Waals surface area contributed by atoms with E-state index >= 15 is 0 Å². The van der Waals surface area contributed by atoms with Crippen LogP contribution in [0, 0.1) is 0 Å². The smallest absolute Gasteiger partial charge is 0.228 e. The highest BCUT2D eigenvalue weighted by atomic mass is 79.9. The van der Waals surface area contributed by atoms with Crippen molar-refractivity contribution in [3.05, 3.63) is 52.7 Å². The number of rotatable bonds is 5. The Hall–Kier alpha value is -2.49. The molecule has 0 aliphatic carbocycles. The minimum atomic E-state index is 0.0648. The van der Waals surface area contributed by atoms with Crippen molar-refractivity contribution >= 4 is 55.1 Å². The van der Waals surface area contributed by atoms with Crippen LogP contribution in [-0.2, 0) is 0 Å². The summed E-state index contributed by atoms with van der Waals surface area (Å²) < 4.78 is 3.88. The Morgan fingerprint density at radius 2 is 2.10 bits per heavy atom. The summed E-state index contributed by atoms with van der Waals surface area (Å²) >= 11 is 5.18. The molecule has 0 bridgehead atoms. The number of aliphatic hydroxyl groups excluding tert-OH is 1. The number of hydrogen-bond acceptors (Lipinski definition) is 7. The second-order valence-electron chi connectivity index (χ2n) is 6.93. The number of hydrogen-bond donors (Lipinski definition) is 2. The van der Waals surface area contributed by atoms with E-state index in [1.807, 2.05) is 46.5 Å². The van der Waals surface area contributed by atoms with Crippen molar-refractivity contribution in [2.45, 2.75) is 18.9 Å². The zero-order valence-electron chi connectivity index (χ0n) is 15.5. The first kappa shape index (κ1) is 18.5. The predicted molar refractivity (Wildman–Crippen MR) is 119 cm³/mol. The van der Waals surface area contributed by atoms with Crippen molar-refractivity contribution in [2.24, 2.45) is 0 Å². The minimum Gasteiger partial charge on any atom is -0.394 e. The molecular formula is C20H19BrN6OS. The number of para-hydroxylation sites is 1. The molecule has 29 heavy (non-hydrogen) atoms. The number of fused-ring (bicyclic) bond motifs is 1. The molecule has 1 atom stereocenters. The molecule has 1 fully saturated rings.